The highest BCUT2D eigenvalue weighted by Gasteiger charge is 2.30. The number of carbonyl (C=O) groups excluding carboxylic acids is 1. The molecule has 0 amide bonds. The number of Topliss-reactive ketones (excluding diaryl/α,β-unsaturated/α-hetero) is 1. The number of fused-ring (bicyclic) bond motifs is 2. The molecule has 0 radical (unpaired) electrons. The number of nitrogens with zero attached hydrogens (tertiary/aromatic N) is 4. The number of ether oxygens (including phenoxy) is 3. The molecule has 41 heavy (non-hydrogen) atoms. The van der Waals surface area contributed by atoms with E-state index in [4.69, 9.17) is 14.2 Å². The Kier molecular flexibility index (Phi) is 7.90. The van der Waals surface area contributed by atoms with E-state index in [9.17, 15) is 13.6 Å². The minimum absolute atomic E-state index is 0.0557. The van der Waals surface area contributed by atoms with Crippen LogP contribution in [0.1, 0.15) is 51.6 Å². The lowest BCUT2D eigenvalue weighted by Gasteiger charge is -2.25. The third kappa shape index (κ3) is 6.20. The highest BCUT2D eigenvalue weighted by molar-refractivity contribution is 7.11. The van der Waals surface area contributed by atoms with E-state index in [0.717, 1.165) is 50.3 Å². The fraction of sp³-hybridized carbons (Fsp3) is 0.433. The van der Waals surface area contributed by atoms with Crippen molar-refractivity contribution in [2.45, 2.75) is 52.2 Å². The summed E-state index contributed by atoms with van der Waals surface area (Å²) in [4.78, 5) is 25.9. The van der Waals surface area contributed by atoms with Crippen molar-refractivity contribution in [3.05, 3.63) is 57.8 Å². The molecule has 11 heteroatoms. The number of carbonyl (C=O) groups is 1. The van der Waals surface area contributed by atoms with Crippen molar-refractivity contribution in [3.63, 3.8) is 0 Å². The Labute approximate surface area is 240 Å². The lowest BCUT2D eigenvalue weighted by Crippen LogP contribution is -2.31. The first-order valence-corrected chi connectivity index (χ1v) is 14.7. The monoisotopic (exact) mass is 582 g/mol. The normalized spacial score (nSPS) is 15.3. The number of pyridine rings is 1. The number of rotatable bonds is 12. The van der Waals surface area contributed by atoms with Crippen LogP contribution in [0.2, 0.25) is 0 Å². The van der Waals surface area contributed by atoms with Gasteiger partial charge in [-0.1, -0.05) is 0 Å². The molecule has 0 spiro atoms. The second-order valence-corrected chi connectivity index (χ2v) is 11.9. The van der Waals surface area contributed by atoms with Gasteiger partial charge in [-0.2, -0.15) is 8.78 Å². The molecular formula is C30H32F2N4O4S. The van der Waals surface area contributed by atoms with E-state index in [1.165, 1.54) is 23.7 Å². The molecule has 0 atom stereocenters. The van der Waals surface area contributed by atoms with Crippen LogP contribution in [0.25, 0.3) is 16.9 Å². The largest absolute Gasteiger partial charge is 0.496 e. The summed E-state index contributed by atoms with van der Waals surface area (Å²) in [6.45, 7) is 2.49. The van der Waals surface area contributed by atoms with E-state index in [1.807, 2.05) is 22.7 Å². The van der Waals surface area contributed by atoms with Crippen molar-refractivity contribution in [3.8, 4) is 28.5 Å². The number of thiazole rings is 1. The topological polar surface area (TPSA) is 78.2 Å². The summed E-state index contributed by atoms with van der Waals surface area (Å²) in [6, 6.07) is 6.83. The highest BCUT2D eigenvalue weighted by atomic mass is 32.1. The standard InChI is InChI=1S/C30H32F2N4O4S/c1-18-34-22-7-9-35(17-27(22)41-18)8-3-11-39-21-6-10-36-23(16-33-28(36)15-21)20-13-25(38-2)29(24(37)12-19-4-5-19)26(14-20)40-30(31)32/h6,10,13-16,19,30H,3-5,7-9,11-12,17H2,1-2H3. The maximum Gasteiger partial charge on any atom is 0.387 e. The number of alkyl halides is 2. The Bertz CT molecular complexity index is 1570. The molecule has 8 nitrogen and oxygen atoms in total. The van der Waals surface area contributed by atoms with Crippen LogP contribution in [-0.2, 0) is 13.0 Å². The lowest BCUT2D eigenvalue weighted by atomic mass is 10.00. The van der Waals surface area contributed by atoms with Crippen molar-refractivity contribution in [1.82, 2.24) is 19.3 Å². The average Bonchev–Trinajstić information content (AvgIpc) is 3.53. The maximum absolute atomic E-state index is 13.3. The van der Waals surface area contributed by atoms with Crippen molar-refractivity contribution in [1.29, 1.82) is 0 Å². The van der Waals surface area contributed by atoms with Gasteiger partial charge in [-0.05, 0) is 50.3 Å². The van der Waals surface area contributed by atoms with Crippen molar-refractivity contribution < 1.29 is 27.8 Å². The Morgan fingerprint density at radius 3 is 2.83 bits per heavy atom. The minimum Gasteiger partial charge on any atom is -0.496 e. The van der Waals surface area contributed by atoms with Crippen LogP contribution in [0.4, 0.5) is 8.78 Å². The second kappa shape index (κ2) is 11.7. The SMILES string of the molecule is COc1cc(-c2cnc3cc(OCCCN4CCc5nc(C)sc5C4)ccn23)cc(OC(F)F)c1C(=O)CC1CC1. The zero-order chi connectivity index (χ0) is 28.5. The molecule has 0 N–H and O–H groups in total. The molecule has 1 saturated carbocycles. The zero-order valence-corrected chi connectivity index (χ0v) is 23.9. The summed E-state index contributed by atoms with van der Waals surface area (Å²) in [5.41, 5.74) is 3.14. The molecule has 216 valence electrons. The van der Waals surface area contributed by atoms with Crippen LogP contribution in [0, 0.1) is 12.8 Å². The van der Waals surface area contributed by atoms with Crippen molar-refractivity contribution >= 4 is 22.8 Å². The van der Waals surface area contributed by atoms with Gasteiger partial charge in [0, 0.05) is 55.2 Å². The van der Waals surface area contributed by atoms with Gasteiger partial charge >= 0.3 is 6.61 Å². The summed E-state index contributed by atoms with van der Waals surface area (Å²) in [5.74, 6) is 0.756. The van der Waals surface area contributed by atoms with Crippen LogP contribution >= 0.6 is 11.3 Å². The van der Waals surface area contributed by atoms with Gasteiger partial charge in [0.2, 0.25) is 0 Å². The van der Waals surface area contributed by atoms with E-state index in [1.54, 1.807) is 23.6 Å². The number of methoxy groups -OCH3 is 1. The predicted molar refractivity (Wildman–Crippen MR) is 151 cm³/mol. The molecule has 2 aliphatic rings. The molecule has 0 unspecified atom stereocenters. The first kappa shape index (κ1) is 27.6. The van der Waals surface area contributed by atoms with Crippen LogP contribution in [0.3, 0.4) is 0 Å². The van der Waals surface area contributed by atoms with Gasteiger partial charge in [0.25, 0.3) is 0 Å². The molecule has 1 aliphatic carbocycles. The van der Waals surface area contributed by atoms with Gasteiger partial charge < -0.3 is 14.2 Å². The van der Waals surface area contributed by atoms with Crippen LogP contribution in [0.5, 0.6) is 17.2 Å². The summed E-state index contributed by atoms with van der Waals surface area (Å²) in [6.07, 6.45) is 7.61. The minimum atomic E-state index is -3.08. The number of ketones is 1. The van der Waals surface area contributed by atoms with Crippen LogP contribution in [0.15, 0.2) is 36.7 Å². The van der Waals surface area contributed by atoms with Gasteiger partial charge in [0.15, 0.2) is 5.78 Å². The number of benzene rings is 1. The van der Waals surface area contributed by atoms with Crippen LogP contribution in [-0.4, -0.2) is 58.5 Å². The number of aromatic nitrogens is 3. The first-order chi connectivity index (χ1) is 19.9. The molecule has 1 aliphatic heterocycles. The lowest BCUT2D eigenvalue weighted by molar-refractivity contribution is -0.0502. The molecule has 0 saturated heterocycles. The Morgan fingerprint density at radius 2 is 2.05 bits per heavy atom. The molecule has 1 aromatic carbocycles. The number of hydrogen-bond donors (Lipinski definition) is 0. The summed E-state index contributed by atoms with van der Waals surface area (Å²) >= 11 is 1.79. The van der Waals surface area contributed by atoms with Crippen molar-refractivity contribution in [2.24, 2.45) is 5.92 Å². The third-order valence-electron chi connectivity index (χ3n) is 7.54. The Morgan fingerprint density at radius 1 is 1.22 bits per heavy atom. The summed E-state index contributed by atoms with van der Waals surface area (Å²) < 4.78 is 44.8. The molecule has 4 aromatic rings. The van der Waals surface area contributed by atoms with E-state index in [-0.39, 0.29) is 22.8 Å². The maximum atomic E-state index is 13.3. The van der Waals surface area contributed by atoms with Gasteiger partial charge in [-0.3, -0.25) is 14.1 Å². The number of halogens is 2. The molecule has 0 bridgehead atoms. The quantitative estimate of drug-likeness (QED) is 0.146. The Hall–Kier alpha value is -3.57. The third-order valence-corrected chi connectivity index (χ3v) is 8.53. The first-order valence-electron chi connectivity index (χ1n) is 13.9. The van der Waals surface area contributed by atoms with Gasteiger partial charge in [-0.15, -0.1) is 11.3 Å². The van der Waals surface area contributed by atoms with E-state index in [2.05, 4.69) is 21.8 Å². The zero-order valence-electron chi connectivity index (χ0n) is 23.1. The second-order valence-electron chi connectivity index (χ2n) is 10.6. The predicted octanol–water partition coefficient (Wildman–Crippen LogP) is 6.19. The fourth-order valence-corrected chi connectivity index (χ4v) is 6.39. The molecule has 1 fully saturated rings. The van der Waals surface area contributed by atoms with Gasteiger partial charge in [0.05, 0.1) is 36.3 Å². The number of hydrogen-bond acceptors (Lipinski definition) is 8. The number of aryl methyl sites for hydroxylation is 1. The van der Waals surface area contributed by atoms with E-state index >= 15 is 0 Å². The summed E-state index contributed by atoms with van der Waals surface area (Å²) in [7, 11) is 1.42. The molecule has 4 heterocycles. The molecular weight excluding hydrogens is 550 g/mol. The molecule has 6 rings (SSSR count). The van der Waals surface area contributed by atoms with Gasteiger partial charge in [0.1, 0.15) is 28.5 Å². The number of imidazole rings is 1. The highest BCUT2D eigenvalue weighted by Crippen LogP contribution is 2.40. The van der Waals surface area contributed by atoms with Gasteiger partial charge in [-0.25, -0.2) is 9.97 Å². The van der Waals surface area contributed by atoms with Crippen molar-refractivity contribution in [2.75, 3.05) is 26.8 Å². The molecule has 3 aromatic heterocycles. The Balaban J connectivity index is 1.15. The summed E-state index contributed by atoms with van der Waals surface area (Å²) in [5, 5.41) is 1.13. The van der Waals surface area contributed by atoms with E-state index in [0.29, 0.717) is 41.6 Å². The van der Waals surface area contributed by atoms with E-state index < -0.39 is 6.61 Å². The van der Waals surface area contributed by atoms with Crippen LogP contribution < -0.4 is 14.2 Å². The fourth-order valence-electron chi connectivity index (χ4n) is 5.36. The average molecular weight is 583 g/mol. The smallest absolute Gasteiger partial charge is 0.387 e.